The van der Waals surface area contributed by atoms with Gasteiger partial charge in [0, 0.05) is 6.20 Å². The summed E-state index contributed by atoms with van der Waals surface area (Å²) in [5.41, 5.74) is -0.101. The van der Waals surface area contributed by atoms with Crippen molar-refractivity contribution in [3.63, 3.8) is 0 Å². The van der Waals surface area contributed by atoms with Gasteiger partial charge in [0.1, 0.15) is 29.0 Å². The maximum atomic E-state index is 13.5. The van der Waals surface area contributed by atoms with E-state index in [4.69, 9.17) is 10.00 Å². The standard InChI is InChI=1S/C11H6F2N2O/c12-7-1-2-8(13)11-10(7)9(3-5-15-11)16-6-4-14/h1-3,5H,6H2. The van der Waals surface area contributed by atoms with E-state index < -0.39 is 11.6 Å². The maximum absolute atomic E-state index is 13.5. The number of fused-ring (bicyclic) bond motifs is 1. The zero-order valence-electron chi connectivity index (χ0n) is 8.08. The van der Waals surface area contributed by atoms with Crippen LogP contribution in [0.3, 0.4) is 0 Å². The molecule has 5 heteroatoms. The SMILES string of the molecule is N#CCOc1ccnc2c(F)ccc(F)c12. The van der Waals surface area contributed by atoms with E-state index in [9.17, 15) is 8.78 Å². The Hall–Kier alpha value is -2.22. The minimum absolute atomic E-state index is 0.0437. The molecule has 0 unspecified atom stereocenters. The Labute approximate surface area is 89.9 Å². The highest BCUT2D eigenvalue weighted by Gasteiger charge is 2.12. The van der Waals surface area contributed by atoms with Crippen LogP contribution in [0, 0.1) is 23.0 Å². The van der Waals surface area contributed by atoms with Gasteiger partial charge in [-0.25, -0.2) is 8.78 Å². The summed E-state index contributed by atoms with van der Waals surface area (Å²) in [5.74, 6) is -1.14. The Kier molecular flexibility index (Phi) is 2.64. The first kappa shape index (κ1) is 10.3. The molecule has 0 bridgehead atoms. The predicted octanol–water partition coefficient (Wildman–Crippen LogP) is 2.42. The number of pyridine rings is 1. The number of ether oxygens (including phenoxy) is 1. The molecule has 0 radical (unpaired) electrons. The van der Waals surface area contributed by atoms with Gasteiger partial charge in [0.05, 0.1) is 5.39 Å². The number of halogens is 2. The molecule has 1 aromatic heterocycles. The van der Waals surface area contributed by atoms with E-state index in [1.54, 1.807) is 6.07 Å². The van der Waals surface area contributed by atoms with Crippen LogP contribution in [0.25, 0.3) is 10.9 Å². The van der Waals surface area contributed by atoms with Crippen molar-refractivity contribution in [1.29, 1.82) is 5.26 Å². The monoisotopic (exact) mass is 220 g/mol. The van der Waals surface area contributed by atoms with E-state index in [1.165, 1.54) is 12.3 Å². The maximum Gasteiger partial charge on any atom is 0.174 e. The molecule has 1 aromatic carbocycles. The molecule has 0 N–H and O–H groups in total. The van der Waals surface area contributed by atoms with Gasteiger partial charge in [-0.15, -0.1) is 0 Å². The summed E-state index contributed by atoms with van der Waals surface area (Å²) in [5, 5.41) is 8.32. The molecule has 0 fully saturated rings. The van der Waals surface area contributed by atoms with Crippen molar-refractivity contribution < 1.29 is 13.5 Å². The molecule has 1 heterocycles. The molecule has 0 spiro atoms. The molecule has 0 atom stereocenters. The van der Waals surface area contributed by atoms with E-state index in [0.29, 0.717) is 0 Å². The molecule has 0 saturated carbocycles. The zero-order chi connectivity index (χ0) is 11.5. The lowest BCUT2D eigenvalue weighted by atomic mass is 10.2. The molecule has 0 saturated heterocycles. The van der Waals surface area contributed by atoms with Crippen LogP contribution >= 0.6 is 0 Å². The normalized spacial score (nSPS) is 10.1. The summed E-state index contributed by atoms with van der Waals surface area (Å²) in [7, 11) is 0. The molecule has 0 amide bonds. The van der Waals surface area contributed by atoms with Gasteiger partial charge >= 0.3 is 0 Å². The molecule has 16 heavy (non-hydrogen) atoms. The van der Waals surface area contributed by atoms with Crippen LogP contribution in [-0.4, -0.2) is 11.6 Å². The summed E-state index contributed by atoms with van der Waals surface area (Å²) >= 11 is 0. The van der Waals surface area contributed by atoms with Gasteiger partial charge in [0.25, 0.3) is 0 Å². The fraction of sp³-hybridized carbons (Fsp3) is 0.0909. The molecule has 2 aromatic rings. The third-order valence-electron chi connectivity index (χ3n) is 2.05. The third-order valence-corrected chi connectivity index (χ3v) is 2.05. The molecule has 2 rings (SSSR count). The third kappa shape index (κ3) is 1.65. The second kappa shape index (κ2) is 4.11. The Balaban J connectivity index is 2.67. The van der Waals surface area contributed by atoms with Crippen molar-refractivity contribution in [2.24, 2.45) is 0 Å². The predicted molar refractivity (Wildman–Crippen MR) is 52.8 cm³/mol. The fourth-order valence-corrected chi connectivity index (χ4v) is 1.39. The highest BCUT2D eigenvalue weighted by atomic mass is 19.1. The zero-order valence-corrected chi connectivity index (χ0v) is 8.08. The first-order valence-corrected chi connectivity index (χ1v) is 4.46. The summed E-state index contributed by atoms with van der Waals surface area (Å²) in [4.78, 5) is 3.73. The summed E-state index contributed by atoms with van der Waals surface area (Å²) in [6.45, 7) is -0.227. The van der Waals surface area contributed by atoms with Gasteiger partial charge < -0.3 is 4.74 Å². The number of aromatic nitrogens is 1. The van der Waals surface area contributed by atoms with Gasteiger partial charge in [0.15, 0.2) is 6.61 Å². The van der Waals surface area contributed by atoms with E-state index in [2.05, 4.69) is 4.98 Å². The number of benzene rings is 1. The van der Waals surface area contributed by atoms with Crippen LogP contribution in [0.5, 0.6) is 5.75 Å². The largest absolute Gasteiger partial charge is 0.478 e. The molecule has 0 aliphatic carbocycles. The Morgan fingerprint density at radius 2 is 2.00 bits per heavy atom. The second-order valence-electron chi connectivity index (χ2n) is 3.01. The van der Waals surface area contributed by atoms with Crippen molar-refractivity contribution in [2.45, 2.75) is 0 Å². The average Bonchev–Trinajstić information content (AvgIpc) is 2.31. The minimum atomic E-state index is -0.627. The van der Waals surface area contributed by atoms with Crippen LogP contribution in [0.4, 0.5) is 8.78 Å². The number of hydrogen-bond donors (Lipinski definition) is 0. The van der Waals surface area contributed by atoms with Crippen molar-refractivity contribution in [3.05, 3.63) is 36.0 Å². The lowest BCUT2D eigenvalue weighted by molar-refractivity contribution is 0.371. The Bertz CT molecular complexity index is 578. The molecule has 80 valence electrons. The average molecular weight is 220 g/mol. The topological polar surface area (TPSA) is 45.9 Å². The van der Waals surface area contributed by atoms with Crippen LogP contribution < -0.4 is 4.74 Å². The first-order chi connectivity index (χ1) is 7.74. The van der Waals surface area contributed by atoms with Crippen LogP contribution in [-0.2, 0) is 0 Å². The summed E-state index contributed by atoms with van der Waals surface area (Å²) < 4.78 is 31.8. The molecule has 0 aliphatic heterocycles. The molecule has 3 nitrogen and oxygen atoms in total. The highest BCUT2D eigenvalue weighted by Crippen LogP contribution is 2.28. The lowest BCUT2D eigenvalue weighted by Crippen LogP contribution is -1.97. The van der Waals surface area contributed by atoms with E-state index in [-0.39, 0.29) is 23.3 Å². The highest BCUT2D eigenvalue weighted by molar-refractivity contribution is 5.85. The van der Waals surface area contributed by atoms with Crippen molar-refractivity contribution in [3.8, 4) is 11.8 Å². The number of rotatable bonds is 2. The molecule has 0 aliphatic rings. The first-order valence-electron chi connectivity index (χ1n) is 4.46. The minimum Gasteiger partial charge on any atom is -0.478 e. The van der Waals surface area contributed by atoms with E-state index in [1.807, 2.05) is 0 Å². The number of nitriles is 1. The van der Waals surface area contributed by atoms with Crippen molar-refractivity contribution in [1.82, 2.24) is 4.98 Å². The second-order valence-corrected chi connectivity index (χ2v) is 3.01. The lowest BCUT2D eigenvalue weighted by Gasteiger charge is -2.06. The smallest absolute Gasteiger partial charge is 0.174 e. The van der Waals surface area contributed by atoms with Gasteiger partial charge in [-0.2, -0.15) is 5.26 Å². The van der Waals surface area contributed by atoms with Crippen LogP contribution in [0.1, 0.15) is 0 Å². The Morgan fingerprint density at radius 1 is 1.25 bits per heavy atom. The van der Waals surface area contributed by atoms with Crippen molar-refractivity contribution >= 4 is 10.9 Å². The van der Waals surface area contributed by atoms with Crippen molar-refractivity contribution in [2.75, 3.05) is 6.61 Å². The van der Waals surface area contributed by atoms with E-state index in [0.717, 1.165) is 12.1 Å². The van der Waals surface area contributed by atoms with Crippen LogP contribution in [0.15, 0.2) is 24.4 Å². The van der Waals surface area contributed by atoms with Gasteiger partial charge in [-0.3, -0.25) is 4.98 Å². The quantitative estimate of drug-likeness (QED) is 0.780. The van der Waals surface area contributed by atoms with Crippen LogP contribution in [0.2, 0.25) is 0 Å². The number of hydrogen-bond acceptors (Lipinski definition) is 3. The summed E-state index contributed by atoms with van der Waals surface area (Å²) in [6.07, 6.45) is 1.30. The fourth-order valence-electron chi connectivity index (χ4n) is 1.39. The molecular formula is C11H6F2N2O. The summed E-state index contributed by atoms with van der Waals surface area (Å²) in [6, 6.07) is 5.14. The van der Waals surface area contributed by atoms with Gasteiger partial charge in [0.2, 0.25) is 0 Å². The number of nitrogens with zero attached hydrogens (tertiary/aromatic N) is 2. The van der Waals surface area contributed by atoms with Gasteiger partial charge in [-0.1, -0.05) is 0 Å². The molecular weight excluding hydrogens is 214 g/mol. The van der Waals surface area contributed by atoms with E-state index >= 15 is 0 Å². The van der Waals surface area contributed by atoms with Gasteiger partial charge in [-0.05, 0) is 18.2 Å². The Morgan fingerprint density at radius 3 is 2.75 bits per heavy atom.